The van der Waals surface area contributed by atoms with Crippen LogP contribution in [0.5, 0.6) is 0 Å². The maximum absolute atomic E-state index is 5.88. The number of hydrogen-bond donors (Lipinski definition) is 2. The first-order valence-electron chi connectivity index (χ1n) is 4.59. The molecule has 0 aliphatic heterocycles. The Morgan fingerprint density at radius 2 is 2.12 bits per heavy atom. The molecule has 0 radical (unpaired) electrons. The van der Waals surface area contributed by atoms with Crippen LogP contribution in [-0.2, 0) is 0 Å². The first-order chi connectivity index (χ1) is 7.65. The quantitative estimate of drug-likeness (QED) is 0.886. The van der Waals surface area contributed by atoms with Crippen molar-refractivity contribution in [2.75, 3.05) is 11.1 Å². The molecule has 0 saturated heterocycles. The van der Waals surface area contributed by atoms with Crippen LogP contribution in [0, 0.1) is 0 Å². The van der Waals surface area contributed by atoms with Crippen LogP contribution in [0.3, 0.4) is 0 Å². The molecule has 5 heteroatoms. The van der Waals surface area contributed by atoms with Crippen molar-refractivity contribution < 1.29 is 0 Å². The number of rotatable bonds is 2. The summed E-state index contributed by atoms with van der Waals surface area (Å²) in [4.78, 5) is 4.18. The van der Waals surface area contributed by atoms with Gasteiger partial charge in [0.15, 0.2) is 0 Å². The maximum atomic E-state index is 5.88. The molecule has 0 aliphatic rings. The average molecular weight is 299 g/mol. The molecule has 1 aromatic carbocycles. The molecule has 2 aromatic rings. The molecule has 2 rings (SSSR count). The van der Waals surface area contributed by atoms with Gasteiger partial charge in [0.2, 0.25) is 0 Å². The van der Waals surface area contributed by atoms with Crippen LogP contribution >= 0.6 is 27.5 Å². The van der Waals surface area contributed by atoms with Crippen molar-refractivity contribution in [2.24, 2.45) is 0 Å². The standard InChI is InChI=1S/C11H9BrClN3/c12-10-5-8(14)6-15-11(10)16-9-3-1-2-7(13)4-9/h1-6H,14H2,(H,15,16). The second kappa shape index (κ2) is 4.72. The van der Waals surface area contributed by atoms with Crippen molar-refractivity contribution in [3.63, 3.8) is 0 Å². The molecule has 0 amide bonds. The molecule has 16 heavy (non-hydrogen) atoms. The Morgan fingerprint density at radius 1 is 1.31 bits per heavy atom. The predicted molar refractivity (Wildman–Crippen MR) is 71.1 cm³/mol. The largest absolute Gasteiger partial charge is 0.397 e. The number of nitrogen functional groups attached to an aromatic ring is 1. The molecule has 0 spiro atoms. The maximum Gasteiger partial charge on any atom is 0.144 e. The van der Waals surface area contributed by atoms with Gasteiger partial charge in [-0.25, -0.2) is 4.98 Å². The lowest BCUT2D eigenvalue weighted by atomic mass is 10.3. The van der Waals surface area contributed by atoms with Gasteiger partial charge in [-0.3, -0.25) is 0 Å². The molecule has 0 saturated carbocycles. The highest BCUT2D eigenvalue weighted by Crippen LogP contribution is 2.26. The SMILES string of the molecule is Nc1cnc(Nc2cccc(Cl)c2)c(Br)c1. The summed E-state index contributed by atoms with van der Waals surface area (Å²) < 4.78 is 0.812. The number of aromatic nitrogens is 1. The minimum Gasteiger partial charge on any atom is -0.397 e. The summed E-state index contributed by atoms with van der Waals surface area (Å²) in [5, 5.41) is 3.82. The number of nitrogens with zero attached hydrogens (tertiary/aromatic N) is 1. The van der Waals surface area contributed by atoms with Crippen LogP contribution in [0.2, 0.25) is 5.02 Å². The fraction of sp³-hybridized carbons (Fsp3) is 0. The van der Waals surface area contributed by atoms with Crippen molar-refractivity contribution in [1.82, 2.24) is 4.98 Å². The van der Waals surface area contributed by atoms with Crippen LogP contribution in [0.15, 0.2) is 41.0 Å². The van der Waals surface area contributed by atoms with E-state index in [2.05, 4.69) is 26.2 Å². The number of nitrogens with two attached hydrogens (primary N) is 1. The summed E-state index contributed by atoms with van der Waals surface area (Å²) in [5.41, 5.74) is 7.10. The molecular weight excluding hydrogens is 289 g/mol. The number of hydrogen-bond acceptors (Lipinski definition) is 3. The van der Waals surface area contributed by atoms with Gasteiger partial charge in [-0.05, 0) is 40.2 Å². The number of pyridine rings is 1. The van der Waals surface area contributed by atoms with E-state index in [1.165, 1.54) is 0 Å². The molecule has 82 valence electrons. The number of anilines is 3. The van der Waals surface area contributed by atoms with E-state index in [1.54, 1.807) is 12.3 Å². The minimum absolute atomic E-state index is 0.614. The van der Waals surface area contributed by atoms with E-state index < -0.39 is 0 Å². The van der Waals surface area contributed by atoms with Gasteiger partial charge >= 0.3 is 0 Å². The van der Waals surface area contributed by atoms with Gasteiger partial charge in [-0.1, -0.05) is 17.7 Å². The Labute approximate surface area is 107 Å². The van der Waals surface area contributed by atoms with Crippen molar-refractivity contribution >= 4 is 44.7 Å². The van der Waals surface area contributed by atoms with Gasteiger partial charge in [0.05, 0.1) is 16.4 Å². The van der Waals surface area contributed by atoms with Crippen LogP contribution in [-0.4, -0.2) is 4.98 Å². The average Bonchev–Trinajstić information content (AvgIpc) is 2.22. The molecule has 0 unspecified atom stereocenters. The smallest absolute Gasteiger partial charge is 0.144 e. The molecule has 0 bridgehead atoms. The molecule has 3 nitrogen and oxygen atoms in total. The zero-order chi connectivity index (χ0) is 11.5. The first kappa shape index (κ1) is 11.2. The highest BCUT2D eigenvalue weighted by Gasteiger charge is 2.02. The molecule has 0 fully saturated rings. The van der Waals surface area contributed by atoms with Crippen LogP contribution < -0.4 is 11.1 Å². The lowest BCUT2D eigenvalue weighted by Crippen LogP contribution is -1.96. The molecule has 1 aromatic heterocycles. The van der Waals surface area contributed by atoms with E-state index in [-0.39, 0.29) is 0 Å². The lowest BCUT2D eigenvalue weighted by Gasteiger charge is -2.08. The molecular formula is C11H9BrClN3. The van der Waals surface area contributed by atoms with Gasteiger partial charge in [0.1, 0.15) is 5.82 Å². The van der Waals surface area contributed by atoms with Crippen molar-refractivity contribution in [2.45, 2.75) is 0 Å². The van der Waals surface area contributed by atoms with Gasteiger partial charge in [0, 0.05) is 10.7 Å². The lowest BCUT2D eigenvalue weighted by molar-refractivity contribution is 1.29. The van der Waals surface area contributed by atoms with Crippen molar-refractivity contribution in [3.05, 3.63) is 46.0 Å². The highest BCUT2D eigenvalue weighted by atomic mass is 79.9. The second-order valence-corrected chi connectivity index (χ2v) is 4.53. The molecule has 3 N–H and O–H groups in total. The zero-order valence-electron chi connectivity index (χ0n) is 8.24. The number of halogens is 2. The Hall–Kier alpha value is -1.26. The third-order valence-electron chi connectivity index (χ3n) is 1.95. The summed E-state index contributed by atoms with van der Waals surface area (Å²) in [6.45, 7) is 0. The van der Waals surface area contributed by atoms with E-state index in [1.807, 2.05) is 24.3 Å². The Kier molecular flexibility index (Phi) is 3.31. The Bertz CT molecular complexity index is 516. The summed E-state index contributed by atoms with van der Waals surface area (Å²) >= 11 is 9.27. The van der Waals surface area contributed by atoms with Crippen LogP contribution in [0.1, 0.15) is 0 Å². The van der Waals surface area contributed by atoms with E-state index in [4.69, 9.17) is 17.3 Å². The normalized spacial score (nSPS) is 10.1. The van der Waals surface area contributed by atoms with Crippen LogP contribution in [0.4, 0.5) is 17.2 Å². The predicted octanol–water partition coefficient (Wildman–Crippen LogP) is 3.82. The number of benzene rings is 1. The van der Waals surface area contributed by atoms with Crippen LogP contribution in [0.25, 0.3) is 0 Å². The first-order valence-corrected chi connectivity index (χ1v) is 5.76. The molecule has 1 heterocycles. The van der Waals surface area contributed by atoms with Crippen molar-refractivity contribution in [3.8, 4) is 0 Å². The summed E-state index contributed by atoms with van der Waals surface area (Å²) in [6.07, 6.45) is 1.59. The molecule has 0 atom stereocenters. The monoisotopic (exact) mass is 297 g/mol. The topological polar surface area (TPSA) is 50.9 Å². The summed E-state index contributed by atoms with van der Waals surface area (Å²) in [7, 11) is 0. The minimum atomic E-state index is 0.614. The van der Waals surface area contributed by atoms with Gasteiger partial charge in [-0.2, -0.15) is 0 Å². The van der Waals surface area contributed by atoms with Gasteiger partial charge in [-0.15, -0.1) is 0 Å². The Morgan fingerprint density at radius 3 is 2.81 bits per heavy atom. The summed E-state index contributed by atoms with van der Waals surface area (Å²) in [5.74, 6) is 0.705. The van der Waals surface area contributed by atoms with E-state index in [0.29, 0.717) is 16.5 Å². The fourth-order valence-electron chi connectivity index (χ4n) is 1.25. The number of nitrogens with one attached hydrogen (secondary N) is 1. The highest BCUT2D eigenvalue weighted by molar-refractivity contribution is 9.10. The van der Waals surface area contributed by atoms with E-state index in [9.17, 15) is 0 Å². The fourth-order valence-corrected chi connectivity index (χ4v) is 1.90. The molecule has 0 aliphatic carbocycles. The van der Waals surface area contributed by atoms with Crippen molar-refractivity contribution in [1.29, 1.82) is 0 Å². The van der Waals surface area contributed by atoms with Gasteiger partial charge < -0.3 is 11.1 Å². The summed E-state index contributed by atoms with van der Waals surface area (Å²) in [6, 6.07) is 9.22. The van der Waals surface area contributed by atoms with E-state index >= 15 is 0 Å². The van der Waals surface area contributed by atoms with Gasteiger partial charge in [0.25, 0.3) is 0 Å². The third kappa shape index (κ3) is 2.65. The van der Waals surface area contributed by atoms with E-state index in [0.717, 1.165) is 10.2 Å². The third-order valence-corrected chi connectivity index (χ3v) is 2.79. The Balaban J connectivity index is 2.27. The second-order valence-electron chi connectivity index (χ2n) is 3.23. The zero-order valence-corrected chi connectivity index (χ0v) is 10.6.